The largest absolute Gasteiger partial charge is 0.504 e. The van der Waals surface area contributed by atoms with Crippen molar-refractivity contribution in [2.24, 2.45) is 5.92 Å². The monoisotopic (exact) mass is 331 g/mol. The Bertz CT molecular complexity index is 410. The summed E-state index contributed by atoms with van der Waals surface area (Å²) in [6.45, 7) is 4.80. The number of ether oxygens (including phenoxy) is 1. The number of halogens is 1. The van der Waals surface area contributed by atoms with Crippen molar-refractivity contribution in [3.63, 3.8) is 0 Å². The summed E-state index contributed by atoms with van der Waals surface area (Å²) in [5, 5.41) is 22.6. The molecule has 1 unspecified atom stereocenters. The van der Waals surface area contributed by atoms with Gasteiger partial charge in [-0.3, -0.25) is 0 Å². The molecule has 0 saturated carbocycles. The van der Waals surface area contributed by atoms with Gasteiger partial charge in [0.15, 0.2) is 11.5 Å². The highest BCUT2D eigenvalue weighted by atomic mass is 79.9. The molecular formula is C14H22BrNO3. The van der Waals surface area contributed by atoms with Crippen molar-refractivity contribution in [3.05, 3.63) is 22.2 Å². The van der Waals surface area contributed by atoms with Gasteiger partial charge in [0.25, 0.3) is 0 Å². The van der Waals surface area contributed by atoms with E-state index >= 15 is 0 Å². The highest BCUT2D eigenvalue weighted by Crippen LogP contribution is 2.33. The zero-order chi connectivity index (χ0) is 14.4. The number of phenolic OH excluding ortho intramolecular Hbond substituents is 1. The number of aromatic hydroxyl groups is 1. The van der Waals surface area contributed by atoms with Crippen molar-refractivity contribution >= 4 is 15.9 Å². The van der Waals surface area contributed by atoms with Crippen LogP contribution in [-0.2, 0) is 6.54 Å². The van der Waals surface area contributed by atoms with E-state index in [1.807, 2.05) is 6.07 Å². The first-order valence-corrected chi connectivity index (χ1v) is 7.16. The van der Waals surface area contributed by atoms with Crippen molar-refractivity contribution in [2.75, 3.05) is 13.7 Å². The number of aliphatic hydroxyl groups is 1. The number of benzene rings is 1. The van der Waals surface area contributed by atoms with Crippen LogP contribution in [-0.4, -0.2) is 30.0 Å². The molecule has 0 radical (unpaired) electrons. The molecule has 0 aliphatic carbocycles. The minimum absolute atomic E-state index is 0.0318. The van der Waals surface area contributed by atoms with Crippen LogP contribution in [0.25, 0.3) is 0 Å². The Labute approximate surface area is 122 Å². The molecule has 4 nitrogen and oxygen atoms in total. The summed E-state index contributed by atoms with van der Waals surface area (Å²) in [7, 11) is 1.52. The SMILES string of the molecule is COc1cc(Br)cc(CNC(CO)CC(C)C)c1O. The van der Waals surface area contributed by atoms with E-state index in [2.05, 4.69) is 35.1 Å². The average molecular weight is 332 g/mol. The fraction of sp³-hybridized carbons (Fsp3) is 0.571. The summed E-state index contributed by atoms with van der Waals surface area (Å²) < 4.78 is 5.96. The molecule has 0 heterocycles. The Kier molecular flexibility index (Phi) is 6.62. The predicted molar refractivity (Wildman–Crippen MR) is 79.5 cm³/mol. The minimum Gasteiger partial charge on any atom is -0.504 e. The maximum atomic E-state index is 10.0. The summed E-state index contributed by atoms with van der Waals surface area (Å²) >= 11 is 3.38. The molecule has 0 aliphatic rings. The van der Waals surface area contributed by atoms with Crippen LogP contribution in [0.15, 0.2) is 16.6 Å². The van der Waals surface area contributed by atoms with Crippen LogP contribution in [0.3, 0.4) is 0 Å². The standard InChI is InChI=1S/C14H22BrNO3/c1-9(2)4-12(8-17)16-7-10-5-11(15)6-13(19-3)14(10)18/h5-6,9,12,16-18H,4,7-8H2,1-3H3. The minimum atomic E-state index is 0.0318. The summed E-state index contributed by atoms with van der Waals surface area (Å²) in [6, 6.07) is 3.59. The zero-order valence-corrected chi connectivity index (χ0v) is 13.2. The fourth-order valence-electron chi connectivity index (χ4n) is 1.96. The van der Waals surface area contributed by atoms with Gasteiger partial charge >= 0.3 is 0 Å². The van der Waals surface area contributed by atoms with Crippen LogP contribution in [0.4, 0.5) is 0 Å². The highest BCUT2D eigenvalue weighted by Gasteiger charge is 2.13. The molecule has 1 aromatic rings. The number of nitrogens with one attached hydrogen (secondary N) is 1. The van der Waals surface area contributed by atoms with Gasteiger partial charge in [-0.15, -0.1) is 0 Å². The van der Waals surface area contributed by atoms with Crippen LogP contribution < -0.4 is 10.1 Å². The normalized spacial score (nSPS) is 12.7. The van der Waals surface area contributed by atoms with E-state index in [9.17, 15) is 10.2 Å². The molecule has 5 heteroatoms. The number of methoxy groups -OCH3 is 1. The van der Waals surface area contributed by atoms with Crippen molar-refractivity contribution in [1.29, 1.82) is 0 Å². The molecule has 1 aromatic carbocycles. The quantitative estimate of drug-likeness (QED) is 0.718. The number of phenols is 1. The molecule has 0 aromatic heterocycles. The summed E-state index contributed by atoms with van der Waals surface area (Å²) in [5.41, 5.74) is 0.744. The van der Waals surface area contributed by atoms with Crippen LogP contribution >= 0.6 is 15.9 Å². The van der Waals surface area contributed by atoms with Crippen LogP contribution in [0, 0.1) is 5.92 Å². The first-order valence-electron chi connectivity index (χ1n) is 6.37. The molecule has 19 heavy (non-hydrogen) atoms. The third-order valence-electron chi connectivity index (χ3n) is 2.90. The average Bonchev–Trinajstić information content (AvgIpc) is 2.37. The maximum absolute atomic E-state index is 10.0. The molecular weight excluding hydrogens is 310 g/mol. The summed E-state index contributed by atoms with van der Waals surface area (Å²) in [4.78, 5) is 0. The van der Waals surface area contributed by atoms with Gasteiger partial charge < -0.3 is 20.3 Å². The summed E-state index contributed by atoms with van der Waals surface area (Å²) in [6.07, 6.45) is 0.891. The Hall–Kier alpha value is -0.780. The third kappa shape index (κ3) is 5.01. The molecule has 0 fully saturated rings. The topological polar surface area (TPSA) is 61.7 Å². The predicted octanol–water partition coefficient (Wildman–Crippen LogP) is 2.66. The molecule has 1 atom stereocenters. The molecule has 108 valence electrons. The van der Waals surface area contributed by atoms with E-state index in [1.54, 1.807) is 6.07 Å². The van der Waals surface area contributed by atoms with E-state index in [4.69, 9.17) is 4.74 Å². The number of rotatable bonds is 7. The van der Waals surface area contributed by atoms with Crippen molar-refractivity contribution in [1.82, 2.24) is 5.32 Å². The molecule has 3 N–H and O–H groups in total. The van der Waals surface area contributed by atoms with Gasteiger partial charge in [-0.2, -0.15) is 0 Å². The van der Waals surface area contributed by atoms with Gasteiger partial charge in [-0.05, 0) is 24.5 Å². The maximum Gasteiger partial charge on any atom is 0.162 e. The van der Waals surface area contributed by atoms with E-state index < -0.39 is 0 Å². The Morgan fingerprint density at radius 2 is 2.05 bits per heavy atom. The van der Waals surface area contributed by atoms with E-state index in [1.165, 1.54) is 7.11 Å². The number of hydrogen-bond donors (Lipinski definition) is 3. The van der Waals surface area contributed by atoms with Gasteiger partial charge in [0.05, 0.1) is 13.7 Å². The number of aliphatic hydroxyl groups excluding tert-OH is 1. The van der Waals surface area contributed by atoms with Crippen molar-refractivity contribution in [3.8, 4) is 11.5 Å². The first kappa shape index (κ1) is 16.3. The highest BCUT2D eigenvalue weighted by molar-refractivity contribution is 9.10. The second-order valence-corrected chi connectivity index (χ2v) is 5.92. The van der Waals surface area contributed by atoms with Gasteiger partial charge in [-0.1, -0.05) is 29.8 Å². The zero-order valence-electron chi connectivity index (χ0n) is 11.6. The Morgan fingerprint density at radius 3 is 2.58 bits per heavy atom. The smallest absolute Gasteiger partial charge is 0.162 e. The van der Waals surface area contributed by atoms with Gasteiger partial charge in [0, 0.05) is 22.6 Å². The van der Waals surface area contributed by atoms with Crippen LogP contribution in [0.5, 0.6) is 11.5 Å². The molecule has 0 amide bonds. The van der Waals surface area contributed by atoms with Gasteiger partial charge in [-0.25, -0.2) is 0 Å². The molecule has 0 spiro atoms. The third-order valence-corrected chi connectivity index (χ3v) is 3.35. The van der Waals surface area contributed by atoms with E-state index in [-0.39, 0.29) is 18.4 Å². The van der Waals surface area contributed by atoms with Gasteiger partial charge in [0.1, 0.15) is 0 Å². The number of hydrogen-bond acceptors (Lipinski definition) is 4. The van der Waals surface area contributed by atoms with Gasteiger partial charge in [0.2, 0.25) is 0 Å². The molecule has 1 rings (SSSR count). The van der Waals surface area contributed by atoms with Crippen molar-refractivity contribution in [2.45, 2.75) is 32.9 Å². The molecule has 0 saturated heterocycles. The lowest BCUT2D eigenvalue weighted by Crippen LogP contribution is -2.33. The Morgan fingerprint density at radius 1 is 1.37 bits per heavy atom. The Balaban J connectivity index is 2.73. The van der Waals surface area contributed by atoms with Crippen LogP contribution in [0.2, 0.25) is 0 Å². The lowest BCUT2D eigenvalue weighted by molar-refractivity contribution is 0.223. The fourth-order valence-corrected chi connectivity index (χ4v) is 2.45. The molecule has 0 aliphatic heterocycles. The second-order valence-electron chi connectivity index (χ2n) is 5.01. The van der Waals surface area contributed by atoms with E-state index in [0.717, 1.165) is 16.5 Å². The summed E-state index contributed by atoms with van der Waals surface area (Å²) in [5.74, 6) is 1.09. The molecule has 0 bridgehead atoms. The first-order chi connectivity index (χ1) is 8.97. The lowest BCUT2D eigenvalue weighted by Gasteiger charge is -2.19. The lowest BCUT2D eigenvalue weighted by atomic mass is 10.0. The second kappa shape index (κ2) is 7.72. The van der Waals surface area contributed by atoms with Crippen molar-refractivity contribution < 1.29 is 14.9 Å². The van der Waals surface area contributed by atoms with E-state index in [0.29, 0.717) is 18.2 Å². The van der Waals surface area contributed by atoms with Crippen LogP contribution in [0.1, 0.15) is 25.8 Å².